The van der Waals surface area contributed by atoms with Crippen LogP contribution in [-0.2, 0) is 5.75 Å². The Morgan fingerprint density at radius 2 is 1.36 bits per heavy atom. The van der Waals surface area contributed by atoms with E-state index in [1.165, 1.54) is 44.3 Å². The van der Waals surface area contributed by atoms with Crippen molar-refractivity contribution in [1.29, 1.82) is 0 Å². The molecule has 0 saturated heterocycles. The molecule has 33 heavy (non-hydrogen) atoms. The summed E-state index contributed by atoms with van der Waals surface area (Å²) in [4.78, 5) is 3.54. The van der Waals surface area contributed by atoms with Crippen LogP contribution < -0.4 is 0 Å². The fourth-order valence-corrected chi connectivity index (χ4v) is 6.12. The lowest BCUT2D eigenvalue weighted by Crippen LogP contribution is -2.11. The lowest BCUT2D eigenvalue weighted by atomic mass is 9.84. The van der Waals surface area contributed by atoms with Crippen LogP contribution in [0.3, 0.4) is 0 Å². The first-order valence-electron chi connectivity index (χ1n) is 11.5. The molecule has 2 heteroatoms. The van der Waals surface area contributed by atoms with Gasteiger partial charge in [0.05, 0.1) is 0 Å². The quantitative estimate of drug-likeness (QED) is 0.264. The first-order chi connectivity index (χ1) is 16.2. The van der Waals surface area contributed by atoms with E-state index < -0.39 is 0 Å². The van der Waals surface area contributed by atoms with Crippen molar-refractivity contribution < 1.29 is 0 Å². The lowest BCUT2D eigenvalue weighted by Gasteiger charge is -2.29. The molecule has 5 rings (SSSR count). The Balaban J connectivity index is 1.66. The average molecular weight is 448 g/mol. The van der Waals surface area contributed by atoms with Gasteiger partial charge in [0.25, 0.3) is 0 Å². The smallest absolute Gasteiger partial charge is 0.0457 e. The molecule has 164 valence electrons. The van der Waals surface area contributed by atoms with Crippen LogP contribution >= 0.6 is 11.8 Å². The van der Waals surface area contributed by atoms with Crippen molar-refractivity contribution in [1.82, 2.24) is 4.98 Å². The summed E-state index contributed by atoms with van der Waals surface area (Å²) in [6, 6.07) is 37.6. The predicted octanol–water partition coefficient (Wildman–Crippen LogP) is 8.59. The number of thioether (sulfide) groups is 1. The van der Waals surface area contributed by atoms with Crippen LogP contribution in [0.5, 0.6) is 0 Å². The van der Waals surface area contributed by atoms with Crippen LogP contribution in [0.2, 0.25) is 0 Å². The van der Waals surface area contributed by atoms with Crippen LogP contribution in [-0.4, -0.2) is 4.98 Å². The number of aromatic nitrogens is 1. The number of para-hydroxylation sites is 1. The molecule has 0 aliphatic heterocycles. The van der Waals surface area contributed by atoms with Gasteiger partial charge in [-0.25, -0.2) is 0 Å². The minimum Gasteiger partial charge on any atom is -0.361 e. The van der Waals surface area contributed by atoms with Gasteiger partial charge < -0.3 is 4.98 Å². The number of hydrogen-bond acceptors (Lipinski definition) is 1. The van der Waals surface area contributed by atoms with Crippen molar-refractivity contribution in [2.45, 2.75) is 30.8 Å². The van der Waals surface area contributed by atoms with E-state index >= 15 is 0 Å². The van der Waals surface area contributed by atoms with E-state index in [1.807, 2.05) is 11.8 Å². The van der Waals surface area contributed by atoms with Gasteiger partial charge in [-0.2, -0.15) is 0 Å². The number of hydrogen-bond donors (Lipinski definition) is 1. The standard InChI is InChI=1S/C31H29NS/c1-22-10-8-14-25(18-22)30(28-20-32-29-17-7-6-16-27(28)29)31(26-15-9-11-23(2)19-26)33-21-24-12-4-3-5-13-24/h3-20,30-32H,21H2,1-2H3/t30-,31+/m1/s1. The fourth-order valence-electron chi connectivity index (χ4n) is 4.72. The summed E-state index contributed by atoms with van der Waals surface area (Å²) in [6.45, 7) is 4.38. The molecule has 0 fully saturated rings. The van der Waals surface area contributed by atoms with Gasteiger partial charge >= 0.3 is 0 Å². The first-order valence-corrected chi connectivity index (χ1v) is 12.6. The topological polar surface area (TPSA) is 15.8 Å². The molecule has 0 aliphatic rings. The Labute approximate surface area is 200 Å². The number of fused-ring (bicyclic) bond motifs is 1. The maximum Gasteiger partial charge on any atom is 0.0457 e. The highest BCUT2D eigenvalue weighted by Crippen LogP contribution is 2.48. The number of nitrogens with one attached hydrogen (secondary N) is 1. The molecule has 0 bridgehead atoms. The van der Waals surface area contributed by atoms with Crippen LogP contribution in [0.15, 0.2) is 109 Å². The highest BCUT2D eigenvalue weighted by Gasteiger charge is 2.29. The SMILES string of the molecule is Cc1cccc([C@H](c2c[nH]c3ccccc23)[C@@H](SCc2ccccc2)c2cccc(C)c2)c1. The van der Waals surface area contributed by atoms with Crippen LogP contribution in [0, 0.1) is 13.8 Å². The summed E-state index contributed by atoms with van der Waals surface area (Å²) in [5.74, 6) is 1.21. The molecule has 5 aromatic rings. The van der Waals surface area contributed by atoms with Gasteiger partial charge in [0, 0.05) is 34.0 Å². The molecular formula is C31H29NS. The van der Waals surface area contributed by atoms with E-state index in [1.54, 1.807) is 0 Å². The fraction of sp³-hybridized carbons (Fsp3) is 0.161. The largest absolute Gasteiger partial charge is 0.361 e. The van der Waals surface area contributed by atoms with Gasteiger partial charge in [0.2, 0.25) is 0 Å². The maximum atomic E-state index is 3.54. The van der Waals surface area contributed by atoms with Gasteiger partial charge in [-0.3, -0.25) is 0 Å². The highest BCUT2D eigenvalue weighted by atomic mass is 32.2. The van der Waals surface area contributed by atoms with Crippen molar-refractivity contribution >= 4 is 22.7 Å². The monoisotopic (exact) mass is 447 g/mol. The molecule has 4 aromatic carbocycles. The molecule has 1 heterocycles. The third-order valence-electron chi connectivity index (χ3n) is 6.30. The Kier molecular flexibility index (Phi) is 6.37. The number of aromatic amines is 1. The Morgan fingerprint density at radius 3 is 2.12 bits per heavy atom. The zero-order valence-electron chi connectivity index (χ0n) is 19.2. The van der Waals surface area contributed by atoms with Gasteiger partial charge in [-0.1, -0.05) is 108 Å². The molecule has 0 saturated carbocycles. The highest BCUT2D eigenvalue weighted by molar-refractivity contribution is 7.98. The number of benzene rings is 4. The molecule has 0 radical (unpaired) electrons. The van der Waals surface area contributed by atoms with Gasteiger partial charge in [-0.05, 0) is 42.2 Å². The predicted molar refractivity (Wildman–Crippen MR) is 143 cm³/mol. The zero-order valence-corrected chi connectivity index (χ0v) is 20.0. The molecule has 0 aliphatic carbocycles. The molecule has 1 aromatic heterocycles. The van der Waals surface area contributed by atoms with Crippen LogP contribution in [0.25, 0.3) is 10.9 Å². The maximum absolute atomic E-state index is 3.54. The van der Waals surface area contributed by atoms with Crippen LogP contribution in [0.1, 0.15) is 44.5 Å². The number of aryl methyl sites for hydroxylation is 2. The molecule has 2 atom stereocenters. The zero-order chi connectivity index (χ0) is 22.6. The second kappa shape index (κ2) is 9.72. The normalized spacial score (nSPS) is 13.2. The summed E-state index contributed by atoms with van der Waals surface area (Å²) < 4.78 is 0. The van der Waals surface area contributed by atoms with Crippen molar-refractivity contribution in [2.24, 2.45) is 0 Å². The van der Waals surface area contributed by atoms with E-state index in [0.29, 0.717) is 0 Å². The van der Waals surface area contributed by atoms with Crippen molar-refractivity contribution in [3.05, 3.63) is 143 Å². The van der Waals surface area contributed by atoms with E-state index in [4.69, 9.17) is 0 Å². The van der Waals surface area contributed by atoms with E-state index in [-0.39, 0.29) is 11.2 Å². The summed E-state index contributed by atoms with van der Waals surface area (Å²) in [5.41, 5.74) is 9.28. The van der Waals surface area contributed by atoms with Gasteiger partial charge in [0.15, 0.2) is 0 Å². The van der Waals surface area contributed by atoms with Crippen molar-refractivity contribution in [3.63, 3.8) is 0 Å². The average Bonchev–Trinajstić information content (AvgIpc) is 3.26. The third-order valence-corrected chi connectivity index (χ3v) is 7.71. The van der Waals surface area contributed by atoms with Crippen molar-refractivity contribution in [3.8, 4) is 0 Å². The molecule has 0 spiro atoms. The van der Waals surface area contributed by atoms with E-state index in [2.05, 4.69) is 128 Å². The molecular weight excluding hydrogens is 418 g/mol. The minimum atomic E-state index is 0.233. The molecule has 0 unspecified atom stereocenters. The Hall–Kier alpha value is -3.23. The molecule has 0 amide bonds. The van der Waals surface area contributed by atoms with E-state index in [9.17, 15) is 0 Å². The lowest BCUT2D eigenvalue weighted by molar-refractivity contribution is 0.789. The van der Waals surface area contributed by atoms with E-state index in [0.717, 1.165) is 5.75 Å². The van der Waals surface area contributed by atoms with Gasteiger partial charge in [-0.15, -0.1) is 11.8 Å². The summed E-state index contributed by atoms with van der Waals surface area (Å²) in [7, 11) is 0. The third kappa shape index (κ3) is 4.77. The van der Waals surface area contributed by atoms with Crippen LogP contribution in [0.4, 0.5) is 0 Å². The van der Waals surface area contributed by atoms with Gasteiger partial charge in [0.1, 0.15) is 0 Å². The second-order valence-electron chi connectivity index (χ2n) is 8.81. The van der Waals surface area contributed by atoms with Crippen molar-refractivity contribution in [2.75, 3.05) is 0 Å². The summed E-state index contributed by atoms with van der Waals surface area (Å²) in [5, 5.41) is 1.59. The first kappa shape index (κ1) is 21.6. The molecule has 1 N–H and O–H groups in total. The molecule has 1 nitrogen and oxygen atoms in total. The number of H-pyrrole nitrogens is 1. The Bertz CT molecular complexity index is 1350. The summed E-state index contributed by atoms with van der Waals surface area (Å²) >= 11 is 2.04. The number of rotatable bonds is 7. The second-order valence-corrected chi connectivity index (χ2v) is 9.94. The minimum absolute atomic E-state index is 0.233. The Morgan fingerprint density at radius 1 is 0.697 bits per heavy atom. The summed E-state index contributed by atoms with van der Waals surface area (Å²) in [6.07, 6.45) is 2.23.